The molecule has 1 N–H and O–H groups in total. The molecule has 21 heavy (non-hydrogen) atoms. The van der Waals surface area contributed by atoms with Crippen molar-refractivity contribution in [2.75, 3.05) is 6.54 Å². The zero-order valence-electron chi connectivity index (χ0n) is 12.5. The number of fused-ring (bicyclic) bond motifs is 1. The van der Waals surface area contributed by atoms with E-state index in [-0.39, 0.29) is 6.04 Å². The van der Waals surface area contributed by atoms with Gasteiger partial charge < -0.3 is 5.32 Å². The highest BCUT2D eigenvalue weighted by Gasteiger charge is 2.19. The second-order valence-electron chi connectivity index (χ2n) is 5.22. The maximum atomic E-state index is 4.41. The lowest BCUT2D eigenvalue weighted by Crippen LogP contribution is -2.25. The van der Waals surface area contributed by atoms with Crippen molar-refractivity contribution in [1.29, 1.82) is 0 Å². The van der Waals surface area contributed by atoms with E-state index in [1.165, 1.54) is 16.3 Å². The number of nitrogens with zero attached hydrogens (tertiary/aromatic N) is 3. The summed E-state index contributed by atoms with van der Waals surface area (Å²) in [4.78, 5) is 4.41. The Balaban J connectivity index is 2.12. The van der Waals surface area contributed by atoms with Gasteiger partial charge >= 0.3 is 0 Å². The normalized spacial score (nSPS) is 12.7. The van der Waals surface area contributed by atoms with E-state index in [1.807, 2.05) is 36.4 Å². The highest BCUT2D eigenvalue weighted by molar-refractivity contribution is 5.85. The molecule has 0 bridgehead atoms. The van der Waals surface area contributed by atoms with E-state index < -0.39 is 0 Å². The Morgan fingerprint density at radius 1 is 1.19 bits per heavy atom. The first-order chi connectivity index (χ1) is 10.3. The number of hydrogen-bond donors (Lipinski definition) is 1. The minimum atomic E-state index is 0.107. The van der Waals surface area contributed by atoms with Crippen molar-refractivity contribution in [2.24, 2.45) is 7.05 Å². The number of aromatic nitrogens is 3. The minimum absolute atomic E-state index is 0.107. The van der Waals surface area contributed by atoms with Crippen LogP contribution in [0, 0.1) is 0 Å². The zero-order chi connectivity index (χ0) is 14.7. The molecule has 1 unspecified atom stereocenters. The molecule has 0 amide bonds. The van der Waals surface area contributed by atoms with Crippen molar-refractivity contribution in [3.63, 3.8) is 0 Å². The number of aryl methyl sites for hydroxylation is 1. The highest BCUT2D eigenvalue weighted by Crippen LogP contribution is 2.27. The van der Waals surface area contributed by atoms with Gasteiger partial charge in [-0.05, 0) is 24.4 Å². The number of hydrogen-bond acceptors (Lipinski definition) is 3. The van der Waals surface area contributed by atoms with Gasteiger partial charge in [0.2, 0.25) is 0 Å². The molecular formula is C17H20N4. The molecule has 1 aromatic carbocycles. The zero-order valence-corrected chi connectivity index (χ0v) is 12.5. The van der Waals surface area contributed by atoms with E-state index in [0.717, 1.165) is 18.7 Å². The van der Waals surface area contributed by atoms with Gasteiger partial charge in [0.15, 0.2) is 0 Å². The summed E-state index contributed by atoms with van der Waals surface area (Å²) >= 11 is 0. The van der Waals surface area contributed by atoms with E-state index in [0.29, 0.717) is 0 Å². The van der Waals surface area contributed by atoms with Gasteiger partial charge in [0.05, 0.1) is 11.7 Å². The topological polar surface area (TPSA) is 42.7 Å². The summed E-state index contributed by atoms with van der Waals surface area (Å²) in [6.45, 7) is 3.13. The molecule has 0 spiro atoms. The summed E-state index contributed by atoms with van der Waals surface area (Å²) < 4.78 is 1.93. The van der Waals surface area contributed by atoms with Crippen LogP contribution in [0.15, 0.2) is 48.9 Å². The number of pyridine rings is 1. The predicted molar refractivity (Wildman–Crippen MR) is 85.1 cm³/mol. The van der Waals surface area contributed by atoms with Gasteiger partial charge in [-0.3, -0.25) is 9.67 Å². The molecule has 0 saturated heterocycles. The Labute approximate surface area is 124 Å². The molecule has 2 heterocycles. The monoisotopic (exact) mass is 280 g/mol. The average molecular weight is 280 g/mol. The van der Waals surface area contributed by atoms with E-state index in [1.54, 1.807) is 0 Å². The van der Waals surface area contributed by atoms with E-state index in [9.17, 15) is 0 Å². The van der Waals surface area contributed by atoms with Crippen LogP contribution in [0.1, 0.15) is 30.6 Å². The minimum Gasteiger partial charge on any atom is -0.305 e. The second kappa shape index (κ2) is 6.06. The third kappa shape index (κ3) is 2.67. The summed E-state index contributed by atoms with van der Waals surface area (Å²) in [6.07, 6.45) is 6.81. The molecule has 0 aliphatic rings. The van der Waals surface area contributed by atoms with Crippen LogP contribution in [0.5, 0.6) is 0 Å². The summed E-state index contributed by atoms with van der Waals surface area (Å²) in [5.74, 6) is 0. The van der Waals surface area contributed by atoms with E-state index in [2.05, 4.69) is 46.6 Å². The number of nitrogens with one attached hydrogen (secondary N) is 1. The fourth-order valence-electron chi connectivity index (χ4n) is 2.70. The summed E-state index contributed by atoms with van der Waals surface area (Å²) in [5.41, 5.74) is 2.35. The molecular weight excluding hydrogens is 260 g/mol. The molecule has 0 aliphatic carbocycles. The first-order valence-electron chi connectivity index (χ1n) is 7.35. The molecule has 4 heteroatoms. The third-order valence-corrected chi connectivity index (χ3v) is 3.76. The van der Waals surface area contributed by atoms with Crippen LogP contribution in [0.4, 0.5) is 0 Å². The van der Waals surface area contributed by atoms with Crippen molar-refractivity contribution in [3.05, 3.63) is 60.2 Å². The first-order valence-corrected chi connectivity index (χ1v) is 7.35. The van der Waals surface area contributed by atoms with Crippen LogP contribution >= 0.6 is 0 Å². The molecule has 4 nitrogen and oxygen atoms in total. The third-order valence-electron chi connectivity index (χ3n) is 3.76. The van der Waals surface area contributed by atoms with Gasteiger partial charge in [0.1, 0.15) is 0 Å². The molecule has 3 aromatic rings. The van der Waals surface area contributed by atoms with Crippen LogP contribution in [-0.2, 0) is 7.05 Å². The van der Waals surface area contributed by atoms with Gasteiger partial charge in [0.25, 0.3) is 0 Å². The largest absolute Gasteiger partial charge is 0.305 e. The quantitative estimate of drug-likeness (QED) is 0.781. The van der Waals surface area contributed by atoms with Crippen LogP contribution in [-0.4, -0.2) is 21.3 Å². The molecule has 0 aliphatic heterocycles. The van der Waals surface area contributed by atoms with Gasteiger partial charge in [-0.1, -0.05) is 31.2 Å². The molecule has 3 rings (SSSR count). The van der Waals surface area contributed by atoms with Gasteiger partial charge in [-0.2, -0.15) is 5.10 Å². The van der Waals surface area contributed by atoms with Crippen LogP contribution in [0.3, 0.4) is 0 Å². The molecule has 0 saturated carbocycles. The predicted octanol–water partition coefficient (Wildman–Crippen LogP) is 3.06. The Morgan fingerprint density at radius 3 is 2.81 bits per heavy atom. The Bertz CT molecular complexity index is 727. The highest BCUT2D eigenvalue weighted by atomic mass is 15.3. The molecule has 2 aromatic heterocycles. The van der Waals surface area contributed by atoms with E-state index in [4.69, 9.17) is 0 Å². The van der Waals surface area contributed by atoms with Crippen molar-refractivity contribution in [2.45, 2.75) is 19.4 Å². The maximum Gasteiger partial charge on any atom is 0.0769 e. The summed E-state index contributed by atoms with van der Waals surface area (Å²) in [7, 11) is 1.98. The van der Waals surface area contributed by atoms with Crippen molar-refractivity contribution < 1.29 is 0 Å². The van der Waals surface area contributed by atoms with E-state index >= 15 is 0 Å². The molecule has 1 atom stereocenters. The van der Waals surface area contributed by atoms with Crippen LogP contribution < -0.4 is 5.32 Å². The average Bonchev–Trinajstić information content (AvgIpc) is 2.94. The van der Waals surface area contributed by atoms with Crippen molar-refractivity contribution >= 4 is 10.8 Å². The van der Waals surface area contributed by atoms with Crippen molar-refractivity contribution in [3.8, 4) is 0 Å². The lowest BCUT2D eigenvalue weighted by atomic mass is 9.99. The Hall–Kier alpha value is -2.20. The second-order valence-corrected chi connectivity index (χ2v) is 5.22. The number of benzene rings is 1. The first kappa shape index (κ1) is 13.8. The summed E-state index contributed by atoms with van der Waals surface area (Å²) in [6, 6.07) is 10.6. The SMILES string of the molecule is CCCNC(c1cncc2ccccc12)c1ccnn1C. The lowest BCUT2D eigenvalue weighted by molar-refractivity contribution is 0.555. The maximum absolute atomic E-state index is 4.41. The summed E-state index contributed by atoms with van der Waals surface area (Å²) in [5, 5.41) is 10.3. The standard InChI is InChI=1S/C17H20N4/c1-3-9-19-17(16-8-10-20-21(16)2)15-12-18-11-13-6-4-5-7-14(13)15/h4-8,10-12,17,19H,3,9H2,1-2H3. The smallest absolute Gasteiger partial charge is 0.0769 e. The van der Waals surface area contributed by atoms with Gasteiger partial charge in [-0.15, -0.1) is 0 Å². The van der Waals surface area contributed by atoms with Gasteiger partial charge in [-0.25, -0.2) is 0 Å². The molecule has 0 fully saturated rings. The van der Waals surface area contributed by atoms with Crippen molar-refractivity contribution in [1.82, 2.24) is 20.1 Å². The number of rotatable bonds is 5. The Kier molecular flexibility index (Phi) is 3.97. The molecule has 0 radical (unpaired) electrons. The van der Waals surface area contributed by atoms with Gasteiger partial charge in [0, 0.05) is 36.6 Å². The Morgan fingerprint density at radius 2 is 2.05 bits per heavy atom. The lowest BCUT2D eigenvalue weighted by Gasteiger charge is -2.20. The van der Waals surface area contributed by atoms with Crippen LogP contribution in [0.25, 0.3) is 10.8 Å². The fourth-order valence-corrected chi connectivity index (χ4v) is 2.70. The van der Waals surface area contributed by atoms with Crippen LogP contribution in [0.2, 0.25) is 0 Å². The molecule has 108 valence electrons. The fraction of sp³-hybridized carbons (Fsp3) is 0.294.